The highest BCUT2D eigenvalue weighted by molar-refractivity contribution is 6.30. The van der Waals surface area contributed by atoms with Crippen LogP contribution in [0.25, 0.3) is 6.08 Å². The van der Waals surface area contributed by atoms with E-state index in [1.54, 1.807) is 18.2 Å². The fraction of sp³-hybridized carbons (Fsp3) is 0.0833. The number of ether oxygens (including phenoxy) is 1. The standard InChI is InChI=1S/C12H9ClO3/c1-2-7-16-11-5-4-10(13)8-9(11)3-6-12(14)15/h1,3-6,8H,7H2,(H,14,15). The Labute approximate surface area is 98.3 Å². The van der Waals surface area contributed by atoms with Gasteiger partial charge in [-0.2, -0.15) is 0 Å². The van der Waals surface area contributed by atoms with Gasteiger partial charge in [0, 0.05) is 16.7 Å². The van der Waals surface area contributed by atoms with Crippen LogP contribution in [0.3, 0.4) is 0 Å². The number of hydrogen-bond acceptors (Lipinski definition) is 2. The summed E-state index contributed by atoms with van der Waals surface area (Å²) >= 11 is 5.79. The number of benzene rings is 1. The Kier molecular flexibility index (Phi) is 4.43. The van der Waals surface area contributed by atoms with E-state index in [0.717, 1.165) is 6.08 Å². The van der Waals surface area contributed by atoms with Gasteiger partial charge in [-0.1, -0.05) is 17.5 Å². The third-order valence-corrected chi connectivity index (χ3v) is 1.92. The number of carboxylic acid groups (broad SMARTS) is 1. The third-order valence-electron chi connectivity index (χ3n) is 1.69. The Morgan fingerprint density at radius 3 is 3.00 bits per heavy atom. The lowest BCUT2D eigenvalue weighted by Gasteiger charge is -2.06. The molecule has 0 atom stereocenters. The number of hydrogen-bond donors (Lipinski definition) is 1. The predicted molar refractivity (Wildman–Crippen MR) is 62.4 cm³/mol. The molecule has 0 saturated heterocycles. The minimum absolute atomic E-state index is 0.121. The lowest BCUT2D eigenvalue weighted by Crippen LogP contribution is -1.95. The summed E-state index contributed by atoms with van der Waals surface area (Å²) in [4.78, 5) is 10.4. The highest BCUT2D eigenvalue weighted by atomic mass is 35.5. The fourth-order valence-electron chi connectivity index (χ4n) is 1.06. The van der Waals surface area contributed by atoms with E-state index in [-0.39, 0.29) is 6.61 Å². The molecule has 3 nitrogen and oxygen atoms in total. The molecule has 0 aliphatic rings. The summed E-state index contributed by atoms with van der Waals surface area (Å²) in [6, 6.07) is 4.89. The maximum absolute atomic E-state index is 10.4. The van der Waals surface area contributed by atoms with Gasteiger partial charge in [-0.25, -0.2) is 4.79 Å². The first-order valence-electron chi connectivity index (χ1n) is 4.40. The number of aliphatic carboxylic acids is 1. The highest BCUT2D eigenvalue weighted by Gasteiger charge is 2.02. The van der Waals surface area contributed by atoms with Gasteiger partial charge in [0.1, 0.15) is 12.4 Å². The van der Waals surface area contributed by atoms with Gasteiger partial charge < -0.3 is 9.84 Å². The van der Waals surface area contributed by atoms with E-state index in [9.17, 15) is 4.79 Å². The largest absolute Gasteiger partial charge is 0.480 e. The van der Waals surface area contributed by atoms with E-state index >= 15 is 0 Å². The van der Waals surface area contributed by atoms with Gasteiger partial charge in [-0.05, 0) is 24.3 Å². The van der Waals surface area contributed by atoms with E-state index in [1.165, 1.54) is 6.08 Å². The van der Waals surface area contributed by atoms with Crippen LogP contribution in [0.2, 0.25) is 5.02 Å². The van der Waals surface area contributed by atoms with Gasteiger partial charge in [-0.3, -0.25) is 0 Å². The number of rotatable bonds is 4. The number of carboxylic acids is 1. The van der Waals surface area contributed by atoms with E-state index < -0.39 is 5.97 Å². The molecule has 16 heavy (non-hydrogen) atoms. The summed E-state index contributed by atoms with van der Waals surface area (Å²) in [5.74, 6) is 1.79. The van der Waals surface area contributed by atoms with Crippen molar-refractivity contribution in [3.05, 3.63) is 34.9 Å². The van der Waals surface area contributed by atoms with Crippen LogP contribution in [0.4, 0.5) is 0 Å². The molecule has 0 spiro atoms. The van der Waals surface area contributed by atoms with Gasteiger partial charge >= 0.3 is 5.97 Å². The zero-order valence-electron chi connectivity index (χ0n) is 8.31. The zero-order chi connectivity index (χ0) is 12.0. The van der Waals surface area contributed by atoms with Crippen LogP contribution in [-0.4, -0.2) is 17.7 Å². The monoisotopic (exact) mass is 236 g/mol. The average molecular weight is 237 g/mol. The third kappa shape index (κ3) is 3.68. The molecule has 0 heterocycles. The van der Waals surface area contributed by atoms with Crippen molar-refractivity contribution < 1.29 is 14.6 Å². The topological polar surface area (TPSA) is 46.5 Å². The SMILES string of the molecule is C#CCOc1ccc(Cl)cc1C=CC(=O)O. The maximum atomic E-state index is 10.4. The maximum Gasteiger partial charge on any atom is 0.328 e. The Bertz CT molecular complexity index is 458. The second-order valence-corrected chi connectivity index (χ2v) is 3.28. The van der Waals surface area contributed by atoms with E-state index in [1.807, 2.05) is 0 Å². The van der Waals surface area contributed by atoms with Crippen molar-refractivity contribution in [2.75, 3.05) is 6.61 Å². The first-order valence-corrected chi connectivity index (χ1v) is 4.78. The van der Waals surface area contributed by atoms with Crippen molar-refractivity contribution in [2.45, 2.75) is 0 Å². The Balaban J connectivity index is 2.99. The molecule has 0 saturated carbocycles. The molecule has 0 fully saturated rings. The zero-order valence-corrected chi connectivity index (χ0v) is 9.07. The van der Waals surface area contributed by atoms with E-state index in [0.29, 0.717) is 16.3 Å². The van der Waals surface area contributed by atoms with E-state index in [2.05, 4.69) is 5.92 Å². The van der Waals surface area contributed by atoms with Crippen molar-refractivity contribution in [2.24, 2.45) is 0 Å². The summed E-state index contributed by atoms with van der Waals surface area (Å²) in [6.45, 7) is 0.121. The summed E-state index contributed by atoms with van der Waals surface area (Å²) in [6.07, 6.45) is 7.48. The Hall–Kier alpha value is -1.92. The molecule has 0 unspecified atom stereocenters. The van der Waals surface area contributed by atoms with Crippen LogP contribution in [-0.2, 0) is 4.79 Å². The first kappa shape index (κ1) is 12.2. The van der Waals surface area contributed by atoms with Crippen LogP contribution >= 0.6 is 11.6 Å². The van der Waals surface area contributed by atoms with Crippen molar-refractivity contribution in [1.29, 1.82) is 0 Å². The number of terminal acetylenes is 1. The van der Waals surface area contributed by atoms with Crippen LogP contribution in [0.1, 0.15) is 5.56 Å². The van der Waals surface area contributed by atoms with Crippen LogP contribution < -0.4 is 4.74 Å². The molecular formula is C12H9ClO3. The summed E-state index contributed by atoms with van der Waals surface area (Å²) < 4.78 is 5.23. The van der Waals surface area contributed by atoms with Gasteiger partial charge in [0.2, 0.25) is 0 Å². The van der Waals surface area contributed by atoms with Crippen molar-refractivity contribution in [3.8, 4) is 18.1 Å². The molecule has 82 valence electrons. The minimum Gasteiger partial charge on any atom is -0.480 e. The van der Waals surface area contributed by atoms with Crippen LogP contribution in [0, 0.1) is 12.3 Å². The Morgan fingerprint density at radius 2 is 2.38 bits per heavy atom. The molecule has 0 aliphatic heterocycles. The van der Waals surface area contributed by atoms with Crippen molar-refractivity contribution in [3.63, 3.8) is 0 Å². The van der Waals surface area contributed by atoms with Gasteiger partial charge in [0.25, 0.3) is 0 Å². The van der Waals surface area contributed by atoms with Gasteiger partial charge in [-0.15, -0.1) is 6.42 Å². The molecule has 4 heteroatoms. The molecule has 1 N–H and O–H groups in total. The smallest absolute Gasteiger partial charge is 0.328 e. The van der Waals surface area contributed by atoms with E-state index in [4.69, 9.17) is 27.9 Å². The lowest BCUT2D eigenvalue weighted by molar-refractivity contribution is -0.131. The van der Waals surface area contributed by atoms with Crippen molar-refractivity contribution >= 4 is 23.6 Å². The van der Waals surface area contributed by atoms with Crippen LogP contribution in [0.15, 0.2) is 24.3 Å². The molecule has 0 radical (unpaired) electrons. The summed E-state index contributed by atoms with van der Waals surface area (Å²) in [7, 11) is 0. The van der Waals surface area contributed by atoms with Crippen molar-refractivity contribution in [1.82, 2.24) is 0 Å². The van der Waals surface area contributed by atoms with Gasteiger partial charge in [0.15, 0.2) is 0 Å². The second-order valence-electron chi connectivity index (χ2n) is 2.85. The lowest BCUT2D eigenvalue weighted by atomic mass is 10.2. The van der Waals surface area contributed by atoms with Crippen LogP contribution in [0.5, 0.6) is 5.75 Å². The molecule has 1 rings (SSSR count). The Morgan fingerprint density at radius 1 is 1.62 bits per heavy atom. The molecule has 1 aromatic carbocycles. The molecule has 0 aromatic heterocycles. The molecule has 0 bridgehead atoms. The molecule has 1 aromatic rings. The van der Waals surface area contributed by atoms with Gasteiger partial charge in [0.05, 0.1) is 0 Å². The molecule has 0 amide bonds. The molecular weight excluding hydrogens is 228 g/mol. The number of carbonyl (C=O) groups is 1. The highest BCUT2D eigenvalue weighted by Crippen LogP contribution is 2.24. The summed E-state index contributed by atoms with van der Waals surface area (Å²) in [5, 5.41) is 9.02. The first-order chi connectivity index (χ1) is 7.63. The average Bonchev–Trinajstić information content (AvgIpc) is 2.25. The quantitative estimate of drug-likeness (QED) is 0.645. The normalized spacial score (nSPS) is 10.0. The fourth-order valence-corrected chi connectivity index (χ4v) is 1.24. The summed E-state index contributed by atoms with van der Waals surface area (Å²) in [5.41, 5.74) is 0.574. The predicted octanol–water partition coefficient (Wildman–Crippen LogP) is 2.45. The molecule has 0 aliphatic carbocycles. The minimum atomic E-state index is -1.04. The second kappa shape index (κ2) is 5.84. The number of halogens is 1.